The van der Waals surface area contributed by atoms with Crippen LogP contribution in [0.4, 0.5) is 0 Å². The van der Waals surface area contributed by atoms with Gasteiger partial charge < -0.3 is 28.2 Å². The Bertz CT molecular complexity index is 650. The monoisotopic (exact) mass is 516 g/mol. The summed E-state index contributed by atoms with van der Waals surface area (Å²) in [6.45, 7) is 20.5. The maximum Gasteiger partial charge on any atom is 0.192 e. The second-order valence-electron chi connectivity index (χ2n) is 12.5. The van der Waals surface area contributed by atoms with E-state index in [4.69, 9.17) is 18.3 Å². The Morgan fingerprint density at radius 3 is 2.18 bits per heavy atom. The third kappa shape index (κ3) is 7.70. The van der Waals surface area contributed by atoms with Gasteiger partial charge in [-0.3, -0.25) is 0 Å². The van der Waals surface area contributed by atoms with E-state index in [1.54, 1.807) is 0 Å². The van der Waals surface area contributed by atoms with Gasteiger partial charge in [0, 0.05) is 32.3 Å². The third-order valence-electron chi connectivity index (χ3n) is 8.55. The highest BCUT2D eigenvalue weighted by Gasteiger charge is 2.53. The van der Waals surface area contributed by atoms with Gasteiger partial charge in [0.05, 0.1) is 23.9 Å². The average Bonchev–Trinajstić information content (AvgIpc) is 2.69. The second kappa shape index (κ2) is 11.5. The normalized spacial score (nSPS) is 33.3. The maximum atomic E-state index is 11.4. The summed E-state index contributed by atoms with van der Waals surface area (Å²) in [5, 5.41) is 11.3. The molecule has 0 saturated carbocycles. The fourth-order valence-corrected chi connectivity index (χ4v) is 9.43. The predicted octanol–water partition coefficient (Wildman–Crippen LogP) is 6.18. The molecule has 2 fully saturated rings. The Labute approximate surface area is 210 Å². The van der Waals surface area contributed by atoms with Crippen LogP contribution in [-0.2, 0) is 23.1 Å². The first-order chi connectivity index (χ1) is 15.6. The van der Waals surface area contributed by atoms with Crippen LogP contribution in [0.2, 0.25) is 36.3 Å². The number of hydrogen-bond donors (Lipinski definition) is 1. The van der Waals surface area contributed by atoms with Crippen LogP contribution in [0.15, 0.2) is 0 Å². The van der Waals surface area contributed by atoms with Crippen molar-refractivity contribution in [1.82, 2.24) is 0 Å². The molecule has 0 aromatic heterocycles. The van der Waals surface area contributed by atoms with E-state index < -0.39 is 28.0 Å². The van der Waals surface area contributed by atoms with Crippen molar-refractivity contribution in [2.45, 2.75) is 153 Å². The number of ether oxygens (including phenoxy) is 2. The van der Waals surface area contributed by atoms with Crippen molar-refractivity contribution in [2.75, 3.05) is 6.61 Å². The molecule has 0 radical (unpaired) electrons. The molecule has 6 nitrogen and oxygen atoms in total. The molecule has 5 atom stereocenters. The number of aliphatic hydroxyl groups is 1. The quantitative estimate of drug-likeness (QED) is 0.261. The molecule has 0 amide bonds. The molecule has 2 heterocycles. The van der Waals surface area contributed by atoms with Crippen molar-refractivity contribution in [1.29, 1.82) is 0 Å². The van der Waals surface area contributed by atoms with Gasteiger partial charge in [0.15, 0.2) is 22.4 Å². The largest absolute Gasteiger partial charge is 0.417 e. The van der Waals surface area contributed by atoms with Crippen LogP contribution >= 0.6 is 0 Å². The van der Waals surface area contributed by atoms with Gasteiger partial charge in [-0.1, -0.05) is 41.5 Å². The highest BCUT2D eigenvalue weighted by atomic mass is 28.4. The van der Waals surface area contributed by atoms with Gasteiger partial charge in [-0.25, -0.2) is 0 Å². The summed E-state index contributed by atoms with van der Waals surface area (Å²) in [7, 11) is -3.68. The topological polar surface area (TPSA) is 74.2 Å². The van der Waals surface area contributed by atoms with Crippen molar-refractivity contribution in [2.24, 2.45) is 0 Å². The molecule has 2 aliphatic rings. The lowest BCUT2D eigenvalue weighted by Gasteiger charge is -2.53. The van der Waals surface area contributed by atoms with Crippen molar-refractivity contribution < 1.29 is 28.2 Å². The first-order valence-electron chi connectivity index (χ1n) is 13.5. The average molecular weight is 517 g/mol. The van der Waals surface area contributed by atoms with Gasteiger partial charge in [0.1, 0.15) is 6.29 Å². The Morgan fingerprint density at radius 1 is 1.06 bits per heavy atom. The van der Waals surface area contributed by atoms with E-state index in [-0.39, 0.29) is 23.4 Å². The lowest BCUT2D eigenvalue weighted by molar-refractivity contribution is -0.348. The van der Waals surface area contributed by atoms with Crippen LogP contribution in [0.25, 0.3) is 0 Å². The maximum absolute atomic E-state index is 11.4. The van der Waals surface area contributed by atoms with Gasteiger partial charge in [0.2, 0.25) is 0 Å². The van der Waals surface area contributed by atoms with Crippen molar-refractivity contribution in [3.05, 3.63) is 0 Å². The number of carbonyl (C=O) groups excluding carboxylic acids is 1. The van der Waals surface area contributed by atoms with Crippen LogP contribution in [0.1, 0.15) is 87.0 Å². The summed E-state index contributed by atoms with van der Waals surface area (Å²) in [4.78, 5) is 11.4. The molecular formula is C26H52O6Si2. The van der Waals surface area contributed by atoms with Crippen LogP contribution in [0.3, 0.4) is 0 Å². The van der Waals surface area contributed by atoms with E-state index in [0.29, 0.717) is 38.7 Å². The number of hydrogen-bond acceptors (Lipinski definition) is 6. The van der Waals surface area contributed by atoms with Crippen molar-refractivity contribution >= 4 is 22.9 Å². The minimum atomic E-state index is -2.01. The van der Waals surface area contributed by atoms with Crippen LogP contribution < -0.4 is 0 Å². The Morgan fingerprint density at radius 2 is 1.65 bits per heavy atom. The molecule has 34 heavy (non-hydrogen) atoms. The summed E-state index contributed by atoms with van der Waals surface area (Å²) < 4.78 is 26.4. The summed E-state index contributed by atoms with van der Waals surface area (Å²) in [5.74, 6) is -0.930. The fraction of sp³-hybridized carbons (Fsp3) is 0.962. The van der Waals surface area contributed by atoms with E-state index in [1.165, 1.54) is 0 Å². The van der Waals surface area contributed by atoms with E-state index in [9.17, 15) is 9.90 Å². The minimum absolute atomic E-state index is 0.0503. The van der Waals surface area contributed by atoms with Crippen LogP contribution in [0.5, 0.6) is 0 Å². The highest BCUT2D eigenvalue weighted by molar-refractivity contribution is 6.74. The minimum Gasteiger partial charge on any atom is -0.417 e. The molecule has 0 aromatic rings. The molecule has 0 unspecified atom stereocenters. The lowest BCUT2D eigenvalue weighted by atomic mass is 9.82. The molecule has 1 spiro atoms. The zero-order valence-electron chi connectivity index (χ0n) is 23.4. The summed E-state index contributed by atoms with van der Waals surface area (Å²) in [6.07, 6.45) is 3.74. The number of rotatable bonds is 11. The van der Waals surface area contributed by atoms with Gasteiger partial charge >= 0.3 is 0 Å². The zero-order valence-corrected chi connectivity index (χ0v) is 25.4. The highest BCUT2D eigenvalue weighted by Crippen LogP contribution is 2.47. The standard InChI is InChI=1S/C26H52O6Si2/c1-10-34(11-2,12-3)29-16-14-22-18-25(7,28)20-26(31-22)19-23(17-21(30-26)13-15-27)32-33(8,9)24(4,5)6/h15,21-23,28H,10-14,16-20H2,1-9H3/t21-,22-,23-,25-,26+/m0/s1. The van der Waals surface area contributed by atoms with Gasteiger partial charge in [-0.2, -0.15) is 0 Å². The summed E-state index contributed by atoms with van der Waals surface area (Å²) in [6, 6.07) is 3.36. The SMILES string of the molecule is CC[Si](CC)(CC)OCC[C@H]1C[C@](C)(O)C[C@@]2(C[C@@H](O[Si](C)(C)C(C)(C)C)C[C@H](CC=O)O2)O1. The summed E-state index contributed by atoms with van der Waals surface area (Å²) >= 11 is 0. The Kier molecular flexibility index (Phi) is 10.2. The molecule has 2 saturated heterocycles. The van der Waals surface area contributed by atoms with Gasteiger partial charge in [0.25, 0.3) is 0 Å². The Balaban J connectivity index is 2.18. The second-order valence-corrected chi connectivity index (χ2v) is 22.0. The Hall–Kier alpha value is -0.0962. The van der Waals surface area contributed by atoms with Gasteiger partial charge in [-0.15, -0.1) is 0 Å². The van der Waals surface area contributed by atoms with Crippen LogP contribution in [-0.4, -0.2) is 64.3 Å². The first-order valence-corrected chi connectivity index (χ1v) is 18.9. The predicted molar refractivity (Wildman–Crippen MR) is 142 cm³/mol. The smallest absolute Gasteiger partial charge is 0.192 e. The van der Waals surface area contributed by atoms with E-state index in [0.717, 1.165) is 30.8 Å². The first kappa shape index (κ1) is 30.1. The van der Waals surface area contributed by atoms with Crippen molar-refractivity contribution in [3.63, 3.8) is 0 Å². The van der Waals surface area contributed by atoms with E-state index in [2.05, 4.69) is 54.6 Å². The van der Waals surface area contributed by atoms with E-state index in [1.807, 2.05) is 6.92 Å². The molecule has 0 aliphatic carbocycles. The number of carbonyl (C=O) groups is 1. The summed E-state index contributed by atoms with van der Waals surface area (Å²) in [5.41, 5.74) is -0.901. The fourth-order valence-electron chi connectivity index (χ4n) is 5.40. The third-order valence-corrected chi connectivity index (χ3v) is 17.8. The molecule has 0 aromatic carbocycles. The van der Waals surface area contributed by atoms with Crippen LogP contribution in [0, 0.1) is 0 Å². The molecule has 2 rings (SSSR count). The molecular weight excluding hydrogens is 464 g/mol. The molecule has 0 bridgehead atoms. The number of aldehydes is 1. The lowest BCUT2D eigenvalue weighted by Crippen LogP contribution is -2.59. The molecule has 1 N–H and O–H groups in total. The van der Waals surface area contributed by atoms with E-state index >= 15 is 0 Å². The molecule has 8 heteroatoms. The zero-order chi connectivity index (χ0) is 25.8. The molecule has 200 valence electrons. The van der Waals surface area contributed by atoms with Gasteiger partial charge in [-0.05, 0) is 56.0 Å². The molecule has 2 aliphatic heterocycles. The van der Waals surface area contributed by atoms with Crippen molar-refractivity contribution in [3.8, 4) is 0 Å².